The summed E-state index contributed by atoms with van der Waals surface area (Å²) in [5.41, 5.74) is 1.91. The Hall–Kier alpha value is -3.95. The van der Waals surface area contributed by atoms with E-state index < -0.39 is 11.2 Å². The quantitative estimate of drug-likeness (QED) is 0.502. The summed E-state index contributed by atoms with van der Waals surface area (Å²) in [7, 11) is 1.48. The number of amides is 2. The Kier molecular flexibility index (Phi) is 7.94. The number of hydrogen-bond donors (Lipinski definition) is 0. The lowest BCUT2D eigenvalue weighted by Gasteiger charge is -2.39. The van der Waals surface area contributed by atoms with Crippen LogP contribution in [0.15, 0.2) is 52.9 Å². The summed E-state index contributed by atoms with van der Waals surface area (Å²) in [5, 5.41) is 8.31. The molecule has 2 aromatic rings. The molecule has 0 bridgehead atoms. The molecular formula is C29H37N5O5. The van der Waals surface area contributed by atoms with Crippen molar-refractivity contribution < 1.29 is 24.0 Å². The summed E-state index contributed by atoms with van der Waals surface area (Å²) in [6.07, 6.45) is 2.78. The van der Waals surface area contributed by atoms with E-state index in [1.807, 2.05) is 65.8 Å². The third-order valence-corrected chi connectivity index (χ3v) is 6.59. The van der Waals surface area contributed by atoms with Crippen LogP contribution in [0, 0.1) is 6.92 Å². The molecule has 2 aliphatic heterocycles. The molecule has 1 atom stereocenters. The number of carbonyl (C=O) groups excluding carboxylic acids is 2. The zero-order valence-electron chi connectivity index (χ0n) is 23.7. The van der Waals surface area contributed by atoms with E-state index in [1.54, 1.807) is 28.1 Å². The normalized spacial score (nSPS) is 19.8. The Morgan fingerprint density at radius 3 is 2.54 bits per heavy atom. The molecule has 4 rings (SSSR count). The molecule has 10 nitrogen and oxygen atoms in total. The van der Waals surface area contributed by atoms with E-state index in [9.17, 15) is 9.59 Å². The van der Waals surface area contributed by atoms with Crippen LogP contribution in [0.3, 0.4) is 0 Å². The van der Waals surface area contributed by atoms with Crippen LogP contribution in [0.5, 0.6) is 0 Å². The number of benzene rings is 1. The molecule has 0 N–H and O–H groups in total. The second-order valence-corrected chi connectivity index (χ2v) is 11.3. The summed E-state index contributed by atoms with van der Waals surface area (Å²) in [4.78, 5) is 45.4. The number of oxime groups is 2. The van der Waals surface area contributed by atoms with Crippen LogP contribution >= 0.6 is 0 Å². The lowest BCUT2D eigenvalue weighted by atomic mass is 9.94. The van der Waals surface area contributed by atoms with E-state index in [2.05, 4.69) is 15.3 Å². The standard InChI is InChI=1S/C29H37N5O5/c1-19-10-8-16-30-25(19)34(22-11-9-17-33(18-22)27(36)38-28(2,3)4)26(35)21-14-12-20(13-15-21)23-24(32-37-7)29(5,6)39-31-23/h8,10,12-16,22H,9,11,17-18H2,1-7H3/b32-24-/t22-/m1/s1. The lowest BCUT2D eigenvalue weighted by Crippen LogP contribution is -2.53. The highest BCUT2D eigenvalue weighted by atomic mass is 16.7. The van der Waals surface area contributed by atoms with Crippen LogP contribution in [-0.2, 0) is 14.4 Å². The molecule has 2 amide bonds. The first-order valence-corrected chi connectivity index (χ1v) is 13.1. The third kappa shape index (κ3) is 6.21. The number of nitrogens with zero attached hydrogens (tertiary/aromatic N) is 5. The van der Waals surface area contributed by atoms with Crippen molar-refractivity contribution in [1.82, 2.24) is 9.88 Å². The van der Waals surface area contributed by atoms with Gasteiger partial charge in [-0.3, -0.25) is 9.69 Å². The van der Waals surface area contributed by atoms with E-state index in [0.717, 1.165) is 24.0 Å². The lowest BCUT2D eigenvalue weighted by molar-refractivity contribution is 0.0196. The van der Waals surface area contributed by atoms with Gasteiger partial charge in [0, 0.05) is 30.4 Å². The predicted octanol–water partition coefficient (Wildman–Crippen LogP) is 4.95. The maximum Gasteiger partial charge on any atom is 0.410 e. The Balaban J connectivity index is 1.63. The van der Waals surface area contributed by atoms with E-state index in [4.69, 9.17) is 14.4 Å². The third-order valence-electron chi connectivity index (χ3n) is 6.59. The van der Waals surface area contributed by atoms with E-state index >= 15 is 0 Å². The number of hydrogen-bond acceptors (Lipinski definition) is 8. The Bertz CT molecular complexity index is 1280. The number of anilines is 1. The molecule has 208 valence electrons. The Morgan fingerprint density at radius 2 is 1.90 bits per heavy atom. The first-order chi connectivity index (χ1) is 18.4. The first kappa shape index (κ1) is 28.1. The van der Waals surface area contributed by atoms with Gasteiger partial charge >= 0.3 is 6.09 Å². The summed E-state index contributed by atoms with van der Waals surface area (Å²) in [6, 6.07) is 10.7. The van der Waals surface area contributed by atoms with Gasteiger partial charge in [0.1, 0.15) is 24.2 Å². The van der Waals surface area contributed by atoms with Crippen LogP contribution in [0.1, 0.15) is 68.9 Å². The summed E-state index contributed by atoms with van der Waals surface area (Å²) in [6.45, 7) is 12.1. The van der Waals surface area contributed by atoms with Crippen molar-refractivity contribution in [3.63, 3.8) is 0 Å². The van der Waals surface area contributed by atoms with Crippen molar-refractivity contribution in [1.29, 1.82) is 0 Å². The molecule has 3 heterocycles. The average molecular weight is 536 g/mol. The molecule has 0 aliphatic carbocycles. The highest BCUT2D eigenvalue weighted by Crippen LogP contribution is 2.28. The number of likely N-dealkylation sites (tertiary alicyclic amines) is 1. The number of ether oxygens (including phenoxy) is 1. The van der Waals surface area contributed by atoms with Gasteiger partial charge in [-0.2, -0.15) is 0 Å². The van der Waals surface area contributed by atoms with Gasteiger partial charge in [0.25, 0.3) is 5.91 Å². The number of aromatic nitrogens is 1. The number of piperidine rings is 1. The number of rotatable bonds is 5. The molecule has 1 saturated heterocycles. The molecule has 1 aromatic carbocycles. The van der Waals surface area contributed by atoms with Crippen LogP contribution in [-0.4, -0.2) is 70.8 Å². The SMILES string of the molecule is CO/N=C1/C(c2ccc(C(=O)N(c3ncccc3C)[C@@H]3CCCN(C(=O)OC(C)(C)C)C3)cc2)=NOC1(C)C. The summed E-state index contributed by atoms with van der Waals surface area (Å²) >= 11 is 0. The fraction of sp³-hybridized carbons (Fsp3) is 0.483. The predicted molar refractivity (Wildman–Crippen MR) is 149 cm³/mol. The molecule has 1 aromatic heterocycles. The van der Waals surface area contributed by atoms with E-state index in [-0.39, 0.29) is 18.0 Å². The second kappa shape index (κ2) is 11.0. The molecule has 0 saturated carbocycles. The van der Waals surface area contributed by atoms with E-state index in [0.29, 0.717) is 35.9 Å². The highest BCUT2D eigenvalue weighted by molar-refractivity contribution is 6.51. The van der Waals surface area contributed by atoms with Gasteiger partial charge in [-0.25, -0.2) is 9.78 Å². The number of aryl methyl sites for hydroxylation is 1. The van der Waals surface area contributed by atoms with Gasteiger partial charge in [-0.1, -0.05) is 28.5 Å². The van der Waals surface area contributed by atoms with Crippen LogP contribution < -0.4 is 4.90 Å². The fourth-order valence-corrected chi connectivity index (χ4v) is 4.70. The van der Waals surface area contributed by atoms with Gasteiger partial charge in [0.2, 0.25) is 0 Å². The molecule has 39 heavy (non-hydrogen) atoms. The zero-order valence-corrected chi connectivity index (χ0v) is 23.7. The van der Waals surface area contributed by atoms with Crippen molar-refractivity contribution in [3.05, 3.63) is 59.3 Å². The van der Waals surface area contributed by atoms with Crippen molar-refractivity contribution in [3.8, 4) is 0 Å². The average Bonchev–Trinajstić information content (AvgIpc) is 3.18. The molecule has 0 unspecified atom stereocenters. The number of carbonyl (C=O) groups is 2. The second-order valence-electron chi connectivity index (χ2n) is 11.3. The van der Waals surface area contributed by atoms with Crippen LogP contribution in [0.4, 0.5) is 10.6 Å². The van der Waals surface area contributed by atoms with Gasteiger partial charge < -0.3 is 19.3 Å². The summed E-state index contributed by atoms with van der Waals surface area (Å²) in [5.74, 6) is 0.377. The highest BCUT2D eigenvalue weighted by Gasteiger charge is 2.39. The van der Waals surface area contributed by atoms with Gasteiger partial charge in [0.05, 0.1) is 6.04 Å². The zero-order chi connectivity index (χ0) is 28.4. The minimum absolute atomic E-state index is 0.199. The number of pyridine rings is 1. The van der Waals surface area contributed by atoms with Crippen molar-refractivity contribution in [2.75, 3.05) is 25.1 Å². The minimum Gasteiger partial charge on any atom is -0.444 e. The molecule has 0 radical (unpaired) electrons. The molecule has 1 fully saturated rings. The monoisotopic (exact) mass is 535 g/mol. The van der Waals surface area contributed by atoms with Crippen LogP contribution in [0.25, 0.3) is 0 Å². The van der Waals surface area contributed by atoms with E-state index in [1.165, 1.54) is 7.11 Å². The fourth-order valence-electron chi connectivity index (χ4n) is 4.70. The summed E-state index contributed by atoms with van der Waals surface area (Å²) < 4.78 is 5.61. The van der Waals surface area contributed by atoms with Crippen molar-refractivity contribution in [2.45, 2.75) is 71.6 Å². The smallest absolute Gasteiger partial charge is 0.410 e. The van der Waals surface area contributed by atoms with Gasteiger partial charge in [-0.15, -0.1) is 0 Å². The Labute approximate surface area is 229 Å². The minimum atomic E-state index is -0.728. The van der Waals surface area contributed by atoms with Gasteiger partial charge in [-0.05, 0) is 78.1 Å². The Morgan fingerprint density at radius 1 is 1.18 bits per heavy atom. The molecular weight excluding hydrogens is 498 g/mol. The topological polar surface area (TPSA) is 106 Å². The maximum atomic E-state index is 14.1. The van der Waals surface area contributed by atoms with Crippen LogP contribution in [0.2, 0.25) is 0 Å². The largest absolute Gasteiger partial charge is 0.444 e. The molecule has 10 heteroatoms. The maximum absolute atomic E-state index is 14.1. The van der Waals surface area contributed by atoms with Crippen molar-refractivity contribution in [2.24, 2.45) is 10.3 Å². The molecule has 0 spiro atoms. The first-order valence-electron chi connectivity index (χ1n) is 13.1. The molecule has 2 aliphatic rings. The van der Waals surface area contributed by atoms with Gasteiger partial charge in [0.15, 0.2) is 11.3 Å². The van der Waals surface area contributed by atoms with Crippen molar-refractivity contribution >= 4 is 29.2 Å².